The Morgan fingerprint density at radius 1 is 1.60 bits per heavy atom. The number of fused-ring (bicyclic) bond motifs is 1. The number of hydrogen-bond donors (Lipinski definition) is 0. The molecule has 2 heterocycles. The highest BCUT2D eigenvalue weighted by Crippen LogP contribution is 2.12. The van der Waals surface area contributed by atoms with Crippen LogP contribution in [0.2, 0.25) is 5.15 Å². The number of aromatic nitrogens is 3. The molecule has 0 amide bonds. The van der Waals surface area contributed by atoms with E-state index in [1.165, 1.54) is 18.6 Å². The highest BCUT2D eigenvalue weighted by molar-refractivity contribution is 6.29. The van der Waals surface area contributed by atoms with Crippen LogP contribution in [-0.2, 0) is 4.74 Å². The summed E-state index contributed by atoms with van der Waals surface area (Å²) in [4.78, 5) is 19.3. The molecule has 0 unspecified atom stereocenters. The Kier molecular flexibility index (Phi) is 2.55. The van der Waals surface area contributed by atoms with Gasteiger partial charge in [-0.05, 0) is 6.92 Å². The molecule has 0 saturated heterocycles. The molecule has 6 heteroatoms. The molecule has 0 N–H and O–H groups in total. The highest BCUT2D eigenvalue weighted by Gasteiger charge is 2.12. The van der Waals surface area contributed by atoms with E-state index in [1.54, 1.807) is 11.3 Å². The maximum absolute atomic E-state index is 11.4. The van der Waals surface area contributed by atoms with Gasteiger partial charge in [0.1, 0.15) is 5.15 Å². The average Bonchev–Trinajstić information content (AvgIpc) is 2.63. The summed E-state index contributed by atoms with van der Waals surface area (Å²) in [5.74, 6) is -0.461. The fourth-order valence-corrected chi connectivity index (χ4v) is 1.38. The standard InChI is InChI=1S/C9H8ClN3O2/c1-2-15-9(14)6-5-13-7(10)3-11-4-8(13)12-6/h3-5H,2H2,1H3. The number of rotatable bonds is 2. The molecule has 0 fully saturated rings. The largest absolute Gasteiger partial charge is 0.461 e. The highest BCUT2D eigenvalue weighted by atomic mass is 35.5. The molecular weight excluding hydrogens is 218 g/mol. The van der Waals surface area contributed by atoms with Gasteiger partial charge in [0, 0.05) is 6.20 Å². The third kappa shape index (κ3) is 1.78. The Balaban J connectivity index is 2.47. The van der Waals surface area contributed by atoms with Crippen LogP contribution in [0.3, 0.4) is 0 Å². The first-order valence-electron chi connectivity index (χ1n) is 4.38. The lowest BCUT2D eigenvalue weighted by Gasteiger charge is -1.95. The molecule has 0 bridgehead atoms. The van der Waals surface area contributed by atoms with E-state index in [2.05, 4.69) is 9.97 Å². The van der Waals surface area contributed by atoms with Crippen LogP contribution in [0.15, 0.2) is 18.6 Å². The summed E-state index contributed by atoms with van der Waals surface area (Å²) in [6.45, 7) is 2.06. The zero-order valence-corrected chi connectivity index (χ0v) is 8.73. The van der Waals surface area contributed by atoms with Gasteiger partial charge in [-0.1, -0.05) is 11.6 Å². The van der Waals surface area contributed by atoms with E-state index in [0.29, 0.717) is 17.4 Å². The second kappa shape index (κ2) is 3.86. The summed E-state index contributed by atoms with van der Waals surface area (Å²) in [5, 5.41) is 0.399. The Labute approximate surface area is 90.7 Å². The third-order valence-corrected chi connectivity index (χ3v) is 2.10. The monoisotopic (exact) mass is 225 g/mol. The zero-order valence-electron chi connectivity index (χ0n) is 7.98. The number of hydrogen-bond acceptors (Lipinski definition) is 4. The molecule has 0 aliphatic carbocycles. The fourth-order valence-electron chi connectivity index (χ4n) is 1.19. The van der Waals surface area contributed by atoms with Gasteiger partial charge in [0.25, 0.3) is 0 Å². The SMILES string of the molecule is CCOC(=O)c1cn2c(Cl)cncc2n1. The van der Waals surface area contributed by atoms with Crippen molar-refractivity contribution in [2.75, 3.05) is 6.61 Å². The van der Waals surface area contributed by atoms with Crippen molar-refractivity contribution in [3.63, 3.8) is 0 Å². The number of carbonyl (C=O) groups is 1. The number of esters is 1. The van der Waals surface area contributed by atoms with Crippen molar-refractivity contribution in [2.45, 2.75) is 6.92 Å². The van der Waals surface area contributed by atoms with Crippen LogP contribution in [0.5, 0.6) is 0 Å². The van der Waals surface area contributed by atoms with Crippen molar-refractivity contribution in [3.05, 3.63) is 29.4 Å². The average molecular weight is 226 g/mol. The van der Waals surface area contributed by atoms with Gasteiger partial charge in [-0.3, -0.25) is 9.38 Å². The molecule has 2 aromatic heterocycles. The minimum absolute atomic E-state index is 0.228. The smallest absolute Gasteiger partial charge is 0.358 e. The lowest BCUT2D eigenvalue weighted by molar-refractivity contribution is 0.0520. The van der Waals surface area contributed by atoms with Crippen LogP contribution in [0.1, 0.15) is 17.4 Å². The van der Waals surface area contributed by atoms with Crippen molar-refractivity contribution in [3.8, 4) is 0 Å². The number of nitrogens with zero attached hydrogens (tertiary/aromatic N) is 3. The summed E-state index contributed by atoms with van der Waals surface area (Å²) >= 11 is 5.86. The predicted octanol–water partition coefficient (Wildman–Crippen LogP) is 1.56. The Bertz CT molecular complexity index is 509. The van der Waals surface area contributed by atoms with Crippen molar-refractivity contribution in [2.24, 2.45) is 0 Å². The first kappa shape index (κ1) is 9.92. The Morgan fingerprint density at radius 2 is 2.40 bits per heavy atom. The summed E-state index contributed by atoms with van der Waals surface area (Å²) in [6.07, 6.45) is 4.52. The van der Waals surface area contributed by atoms with E-state index < -0.39 is 5.97 Å². The Hall–Kier alpha value is -1.62. The minimum atomic E-state index is -0.461. The van der Waals surface area contributed by atoms with E-state index in [0.717, 1.165) is 0 Å². The molecule has 0 spiro atoms. The van der Waals surface area contributed by atoms with Crippen LogP contribution in [0.4, 0.5) is 0 Å². The molecule has 5 nitrogen and oxygen atoms in total. The Morgan fingerprint density at radius 3 is 3.07 bits per heavy atom. The second-order valence-electron chi connectivity index (χ2n) is 2.80. The lowest BCUT2D eigenvalue weighted by Crippen LogP contribution is -2.04. The van der Waals surface area contributed by atoms with Crippen LogP contribution in [-0.4, -0.2) is 26.9 Å². The molecule has 2 aromatic rings. The second-order valence-corrected chi connectivity index (χ2v) is 3.19. The van der Waals surface area contributed by atoms with Crippen LogP contribution < -0.4 is 0 Å². The van der Waals surface area contributed by atoms with Crippen molar-refractivity contribution in [1.29, 1.82) is 0 Å². The molecule has 0 aliphatic heterocycles. The molecule has 78 valence electrons. The lowest BCUT2D eigenvalue weighted by atomic mass is 10.5. The maximum Gasteiger partial charge on any atom is 0.358 e. The quantitative estimate of drug-likeness (QED) is 0.728. The van der Waals surface area contributed by atoms with Gasteiger partial charge in [0.2, 0.25) is 0 Å². The van der Waals surface area contributed by atoms with E-state index in [4.69, 9.17) is 16.3 Å². The summed E-state index contributed by atoms with van der Waals surface area (Å²) in [7, 11) is 0. The van der Waals surface area contributed by atoms with E-state index in [1.807, 2.05) is 0 Å². The van der Waals surface area contributed by atoms with Crippen molar-refractivity contribution < 1.29 is 9.53 Å². The van der Waals surface area contributed by atoms with Crippen LogP contribution in [0, 0.1) is 0 Å². The summed E-state index contributed by atoms with van der Waals surface area (Å²) in [6, 6.07) is 0. The molecule has 0 radical (unpaired) electrons. The van der Waals surface area contributed by atoms with E-state index in [9.17, 15) is 4.79 Å². The summed E-state index contributed by atoms with van der Waals surface area (Å²) < 4.78 is 6.39. The zero-order chi connectivity index (χ0) is 10.8. The predicted molar refractivity (Wildman–Crippen MR) is 54.0 cm³/mol. The first-order chi connectivity index (χ1) is 7.22. The topological polar surface area (TPSA) is 56.5 Å². The van der Waals surface area contributed by atoms with E-state index in [-0.39, 0.29) is 5.69 Å². The van der Waals surface area contributed by atoms with E-state index >= 15 is 0 Å². The minimum Gasteiger partial charge on any atom is -0.461 e. The number of halogens is 1. The molecule has 15 heavy (non-hydrogen) atoms. The van der Waals surface area contributed by atoms with Gasteiger partial charge in [-0.25, -0.2) is 9.78 Å². The number of carbonyl (C=O) groups excluding carboxylic acids is 1. The molecule has 0 saturated carbocycles. The molecule has 0 atom stereocenters. The van der Waals surface area contributed by atoms with Gasteiger partial charge in [-0.2, -0.15) is 0 Å². The maximum atomic E-state index is 11.4. The molecule has 2 rings (SSSR count). The molecule has 0 aliphatic rings. The van der Waals surface area contributed by atoms with Crippen molar-refractivity contribution in [1.82, 2.24) is 14.4 Å². The van der Waals surface area contributed by atoms with Gasteiger partial charge >= 0.3 is 5.97 Å². The fraction of sp³-hybridized carbons (Fsp3) is 0.222. The number of ether oxygens (including phenoxy) is 1. The summed E-state index contributed by atoms with van der Waals surface area (Å²) in [5.41, 5.74) is 0.748. The van der Waals surface area contributed by atoms with Gasteiger partial charge < -0.3 is 4.74 Å². The molecular formula is C9H8ClN3O2. The van der Waals surface area contributed by atoms with Crippen molar-refractivity contribution >= 4 is 23.2 Å². The third-order valence-electron chi connectivity index (χ3n) is 1.82. The van der Waals surface area contributed by atoms with Crippen LogP contribution >= 0.6 is 11.6 Å². The van der Waals surface area contributed by atoms with Gasteiger partial charge in [0.15, 0.2) is 11.3 Å². The normalized spacial score (nSPS) is 10.5. The van der Waals surface area contributed by atoms with Gasteiger partial charge in [0.05, 0.1) is 19.0 Å². The molecule has 0 aromatic carbocycles. The van der Waals surface area contributed by atoms with Gasteiger partial charge in [-0.15, -0.1) is 0 Å². The first-order valence-corrected chi connectivity index (χ1v) is 4.76. The number of imidazole rings is 1. The van der Waals surface area contributed by atoms with Crippen LogP contribution in [0.25, 0.3) is 5.65 Å².